The van der Waals surface area contributed by atoms with Crippen LogP contribution in [0.5, 0.6) is 11.5 Å². The molecule has 0 aliphatic carbocycles. The molecule has 1 aromatic rings. The van der Waals surface area contributed by atoms with Crippen LogP contribution in [-0.2, 0) is 11.3 Å². The molecule has 7 nitrogen and oxygen atoms in total. The number of hydrogen-bond acceptors (Lipinski definition) is 4. The normalized spacial score (nSPS) is 14.5. The van der Waals surface area contributed by atoms with Crippen LogP contribution in [0.25, 0.3) is 0 Å². The second-order valence-corrected chi connectivity index (χ2v) is 6.11. The number of rotatable bonds is 9. The van der Waals surface area contributed by atoms with E-state index in [1.165, 1.54) is 0 Å². The summed E-state index contributed by atoms with van der Waals surface area (Å²) < 4.78 is 10.8. The van der Waals surface area contributed by atoms with Gasteiger partial charge in [0.25, 0.3) is 0 Å². The van der Waals surface area contributed by atoms with Crippen LogP contribution in [0, 0.1) is 0 Å². The van der Waals surface area contributed by atoms with Gasteiger partial charge in [0, 0.05) is 38.2 Å². The predicted molar refractivity (Wildman–Crippen MR) is 103 cm³/mol. The minimum absolute atomic E-state index is 0.274. The molecule has 0 unspecified atom stereocenters. The molecule has 2 N–H and O–H groups in total. The fraction of sp³-hybridized carbons (Fsp3) is 0.579. The summed E-state index contributed by atoms with van der Waals surface area (Å²) >= 11 is 0. The van der Waals surface area contributed by atoms with E-state index in [-0.39, 0.29) is 5.91 Å². The van der Waals surface area contributed by atoms with Crippen LogP contribution in [0.2, 0.25) is 0 Å². The molecule has 0 atom stereocenters. The third-order valence-corrected chi connectivity index (χ3v) is 4.30. The van der Waals surface area contributed by atoms with Crippen molar-refractivity contribution < 1.29 is 14.3 Å². The first-order chi connectivity index (χ1) is 12.7. The van der Waals surface area contributed by atoms with Gasteiger partial charge in [-0.15, -0.1) is 0 Å². The summed E-state index contributed by atoms with van der Waals surface area (Å²) in [5, 5.41) is 6.57. The Kier molecular flexibility index (Phi) is 8.05. The van der Waals surface area contributed by atoms with Crippen LogP contribution < -0.4 is 20.1 Å². The number of carbonyl (C=O) groups is 1. The lowest BCUT2D eigenvalue weighted by Gasteiger charge is -2.16. The Morgan fingerprint density at radius 3 is 2.77 bits per heavy atom. The molecular formula is C19H30N4O3. The summed E-state index contributed by atoms with van der Waals surface area (Å²) in [5.74, 6) is 2.44. The minimum Gasteiger partial charge on any atom is -0.493 e. The molecule has 0 saturated carbocycles. The Labute approximate surface area is 155 Å². The van der Waals surface area contributed by atoms with E-state index in [4.69, 9.17) is 9.47 Å². The highest BCUT2D eigenvalue weighted by atomic mass is 16.5. The van der Waals surface area contributed by atoms with Crippen molar-refractivity contribution in [2.75, 3.05) is 40.4 Å². The molecule has 1 saturated heterocycles. The fourth-order valence-corrected chi connectivity index (χ4v) is 3.00. The summed E-state index contributed by atoms with van der Waals surface area (Å²) in [7, 11) is 3.26. The molecule has 1 heterocycles. The number of nitrogens with zero attached hydrogens (tertiary/aromatic N) is 2. The van der Waals surface area contributed by atoms with Gasteiger partial charge in [0.2, 0.25) is 5.91 Å². The van der Waals surface area contributed by atoms with Gasteiger partial charge in [-0.1, -0.05) is 12.1 Å². The van der Waals surface area contributed by atoms with Crippen LogP contribution in [0.4, 0.5) is 0 Å². The quantitative estimate of drug-likeness (QED) is 0.398. The number of benzene rings is 1. The second kappa shape index (κ2) is 10.5. The number of para-hydroxylation sites is 1. The fourth-order valence-electron chi connectivity index (χ4n) is 3.00. The molecule has 0 radical (unpaired) electrons. The van der Waals surface area contributed by atoms with Crippen molar-refractivity contribution in [2.24, 2.45) is 4.99 Å². The zero-order chi connectivity index (χ0) is 18.8. The van der Waals surface area contributed by atoms with Crippen LogP contribution in [0.3, 0.4) is 0 Å². The van der Waals surface area contributed by atoms with Gasteiger partial charge in [0.15, 0.2) is 17.5 Å². The van der Waals surface area contributed by atoms with E-state index in [2.05, 4.69) is 15.6 Å². The van der Waals surface area contributed by atoms with Gasteiger partial charge in [-0.3, -0.25) is 4.79 Å². The topological polar surface area (TPSA) is 75.2 Å². The van der Waals surface area contributed by atoms with E-state index in [1.807, 2.05) is 30.0 Å². The van der Waals surface area contributed by atoms with Crippen molar-refractivity contribution in [3.8, 4) is 11.5 Å². The molecule has 1 aliphatic heterocycles. The number of amides is 1. The molecule has 1 aliphatic rings. The van der Waals surface area contributed by atoms with Crippen molar-refractivity contribution in [1.82, 2.24) is 15.5 Å². The Morgan fingerprint density at radius 2 is 2.12 bits per heavy atom. The standard InChI is InChI=1S/C19H30N4O3/c1-4-20-19(21-11-7-13-23-12-6-10-17(23)24)22-14-15-8-5-9-16(25-2)18(15)26-3/h5,8-9H,4,6-7,10-14H2,1-3H3,(H2,20,21,22). The lowest BCUT2D eigenvalue weighted by Crippen LogP contribution is -2.39. The number of guanidine groups is 1. The highest BCUT2D eigenvalue weighted by Crippen LogP contribution is 2.30. The molecule has 1 amide bonds. The van der Waals surface area contributed by atoms with Crippen molar-refractivity contribution in [2.45, 2.75) is 32.7 Å². The predicted octanol–water partition coefficient (Wildman–Crippen LogP) is 1.77. The van der Waals surface area contributed by atoms with Gasteiger partial charge in [-0.2, -0.15) is 0 Å². The summed E-state index contributed by atoms with van der Waals surface area (Å²) in [6, 6.07) is 5.78. The third kappa shape index (κ3) is 5.54. The van der Waals surface area contributed by atoms with Crippen LogP contribution in [-0.4, -0.2) is 57.2 Å². The number of methoxy groups -OCH3 is 2. The van der Waals surface area contributed by atoms with E-state index in [9.17, 15) is 4.79 Å². The Hall–Kier alpha value is -2.44. The zero-order valence-electron chi connectivity index (χ0n) is 16.0. The SMILES string of the molecule is CCNC(=NCc1cccc(OC)c1OC)NCCCN1CCCC1=O. The smallest absolute Gasteiger partial charge is 0.222 e. The lowest BCUT2D eigenvalue weighted by molar-refractivity contribution is -0.127. The van der Waals surface area contributed by atoms with E-state index in [0.717, 1.165) is 50.5 Å². The molecule has 1 aromatic carbocycles. The first kappa shape index (κ1) is 19.9. The number of carbonyl (C=O) groups excluding carboxylic acids is 1. The summed E-state index contributed by atoms with van der Waals surface area (Å²) in [5.41, 5.74) is 0.965. The van der Waals surface area contributed by atoms with E-state index in [1.54, 1.807) is 14.2 Å². The summed E-state index contributed by atoms with van der Waals surface area (Å²) in [4.78, 5) is 18.2. The second-order valence-electron chi connectivity index (χ2n) is 6.11. The highest BCUT2D eigenvalue weighted by Gasteiger charge is 2.18. The molecule has 0 aromatic heterocycles. The molecule has 2 rings (SSSR count). The maximum atomic E-state index is 11.6. The highest BCUT2D eigenvalue weighted by molar-refractivity contribution is 5.80. The van der Waals surface area contributed by atoms with Crippen LogP contribution >= 0.6 is 0 Å². The molecule has 0 spiro atoms. The Morgan fingerprint density at radius 1 is 1.27 bits per heavy atom. The van der Waals surface area contributed by atoms with Gasteiger partial charge in [-0.05, 0) is 25.8 Å². The Bertz CT molecular complexity index is 619. The van der Waals surface area contributed by atoms with E-state index < -0.39 is 0 Å². The van der Waals surface area contributed by atoms with Gasteiger partial charge >= 0.3 is 0 Å². The first-order valence-corrected chi connectivity index (χ1v) is 9.19. The van der Waals surface area contributed by atoms with Crippen molar-refractivity contribution in [3.05, 3.63) is 23.8 Å². The molecule has 26 heavy (non-hydrogen) atoms. The van der Waals surface area contributed by atoms with E-state index >= 15 is 0 Å². The van der Waals surface area contributed by atoms with Gasteiger partial charge in [0.05, 0.1) is 20.8 Å². The minimum atomic E-state index is 0.274. The Balaban J connectivity index is 1.89. The van der Waals surface area contributed by atoms with Crippen LogP contribution in [0.15, 0.2) is 23.2 Å². The largest absolute Gasteiger partial charge is 0.493 e. The maximum absolute atomic E-state index is 11.6. The number of likely N-dealkylation sites (tertiary alicyclic amines) is 1. The maximum Gasteiger partial charge on any atom is 0.222 e. The van der Waals surface area contributed by atoms with E-state index in [0.29, 0.717) is 24.5 Å². The summed E-state index contributed by atoms with van der Waals surface area (Å²) in [6.07, 6.45) is 2.58. The number of nitrogens with one attached hydrogen (secondary N) is 2. The average molecular weight is 362 g/mol. The number of aliphatic imine (C=N–C) groups is 1. The van der Waals surface area contributed by atoms with Crippen molar-refractivity contribution in [1.29, 1.82) is 0 Å². The average Bonchev–Trinajstić information content (AvgIpc) is 3.07. The number of ether oxygens (including phenoxy) is 2. The lowest BCUT2D eigenvalue weighted by atomic mass is 10.2. The number of hydrogen-bond donors (Lipinski definition) is 2. The van der Waals surface area contributed by atoms with Gasteiger partial charge in [0.1, 0.15) is 0 Å². The molecule has 1 fully saturated rings. The van der Waals surface area contributed by atoms with Crippen molar-refractivity contribution >= 4 is 11.9 Å². The monoisotopic (exact) mass is 362 g/mol. The molecular weight excluding hydrogens is 332 g/mol. The van der Waals surface area contributed by atoms with Crippen molar-refractivity contribution in [3.63, 3.8) is 0 Å². The first-order valence-electron chi connectivity index (χ1n) is 9.19. The summed E-state index contributed by atoms with van der Waals surface area (Å²) in [6.45, 7) is 5.76. The van der Waals surface area contributed by atoms with Crippen LogP contribution in [0.1, 0.15) is 31.7 Å². The molecule has 0 bridgehead atoms. The van der Waals surface area contributed by atoms with Gasteiger partial charge < -0.3 is 25.0 Å². The molecule has 7 heteroatoms. The molecule has 144 valence electrons. The van der Waals surface area contributed by atoms with Gasteiger partial charge in [-0.25, -0.2) is 4.99 Å². The zero-order valence-corrected chi connectivity index (χ0v) is 16.0. The third-order valence-electron chi connectivity index (χ3n) is 4.30.